The summed E-state index contributed by atoms with van der Waals surface area (Å²) in [6.07, 6.45) is 4.37. The van der Waals surface area contributed by atoms with Gasteiger partial charge in [0.15, 0.2) is 0 Å². The van der Waals surface area contributed by atoms with Gasteiger partial charge in [0.25, 0.3) is 0 Å². The molecule has 1 aromatic rings. The van der Waals surface area contributed by atoms with Crippen molar-refractivity contribution in [3.8, 4) is 0 Å². The van der Waals surface area contributed by atoms with E-state index in [4.69, 9.17) is 0 Å². The second-order valence-electron chi connectivity index (χ2n) is 4.59. The number of rotatable bonds is 3. The summed E-state index contributed by atoms with van der Waals surface area (Å²) in [5.41, 5.74) is 1.37. The first kappa shape index (κ1) is 11.3. The van der Waals surface area contributed by atoms with Crippen molar-refractivity contribution in [1.82, 2.24) is 4.90 Å². The van der Waals surface area contributed by atoms with Crippen molar-refractivity contribution >= 4 is 6.29 Å². The minimum Gasteiger partial charge on any atom is -0.303 e. The van der Waals surface area contributed by atoms with Crippen LogP contribution in [-0.2, 0) is 11.3 Å². The zero-order valence-electron chi connectivity index (χ0n) is 9.64. The lowest BCUT2D eigenvalue weighted by molar-refractivity contribution is -0.111. The quantitative estimate of drug-likeness (QED) is 0.725. The molecule has 2 rings (SSSR count). The third kappa shape index (κ3) is 3.17. The number of hydrogen-bond acceptors (Lipinski definition) is 2. The first-order valence-electron chi connectivity index (χ1n) is 6.10. The molecule has 1 saturated heterocycles. The van der Waals surface area contributed by atoms with E-state index in [0.717, 1.165) is 45.2 Å². The standard InChI is InChI=1S/C14H19NO/c16-12-14-7-4-9-15(10-8-14)11-13-5-2-1-3-6-13/h1-3,5-6,12,14H,4,7-11H2. The number of hydrogen-bond donors (Lipinski definition) is 0. The van der Waals surface area contributed by atoms with Crippen LogP contribution < -0.4 is 0 Å². The van der Waals surface area contributed by atoms with E-state index in [0.29, 0.717) is 5.92 Å². The molecule has 1 aliphatic rings. The van der Waals surface area contributed by atoms with Crippen LogP contribution in [0.5, 0.6) is 0 Å². The summed E-state index contributed by atoms with van der Waals surface area (Å²) in [6.45, 7) is 3.20. The van der Waals surface area contributed by atoms with Crippen LogP contribution in [0.25, 0.3) is 0 Å². The van der Waals surface area contributed by atoms with Crippen LogP contribution in [0.1, 0.15) is 24.8 Å². The molecule has 1 aliphatic heterocycles. The average Bonchev–Trinajstić information content (AvgIpc) is 2.56. The predicted octanol–water partition coefficient (Wildman–Crippen LogP) is 2.49. The fourth-order valence-electron chi connectivity index (χ4n) is 2.32. The van der Waals surface area contributed by atoms with Crippen molar-refractivity contribution in [3.05, 3.63) is 35.9 Å². The molecule has 1 fully saturated rings. The molecule has 0 spiro atoms. The first-order chi connectivity index (χ1) is 7.88. The van der Waals surface area contributed by atoms with Gasteiger partial charge in [-0.15, -0.1) is 0 Å². The van der Waals surface area contributed by atoms with Gasteiger partial charge in [-0.3, -0.25) is 4.90 Å². The Morgan fingerprint density at radius 1 is 1.19 bits per heavy atom. The van der Waals surface area contributed by atoms with Gasteiger partial charge in [-0.25, -0.2) is 0 Å². The zero-order chi connectivity index (χ0) is 11.2. The Kier molecular flexibility index (Phi) is 4.11. The molecule has 1 aromatic carbocycles. The molecule has 2 heteroatoms. The molecule has 0 bridgehead atoms. The van der Waals surface area contributed by atoms with Crippen molar-refractivity contribution in [1.29, 1.82) is 0 Å². The first-order valence-corrected chi connectivity index (χ1v) is 6.10. The zero-order valence-corrected chi connectivity index (χ0v) is 9.64. The van der Waals surface area contributed by atoms with Crippen LogP contribution in [0.2, 0.25) is 0 Å². The minimum atomic E-state index is 0.292. The maximum atomic E-state index is 10.8. The molecule has 0 radical (unpaired) electrons. The average molecular weight is 217 g/mol. The lowest BCUT2D eigenvalue weighted by Gasteiger charge is -2.19. The number of benzene rings is 1. The second-order valence-corrected chi connectivity index (χ2v) is 4.59. The number of likely N-dealkylation sites (tertiary alicyclic amines) is 1. The maximum Gasteiger partial charge on any atom is 0.123 e. The van der Waals surface area contributed by atoms with Crippen molar-refractivity contribution in [2.45, 2.75) is 25.8 Å². The Hall–Kier alpha value is -1.15. The normalized spacial score (nSPS) is 22.6. The molecule has 0 aromatic heterocycles. The molecule has 16 heavy (non-hydrogen) atoms. The van der Waals surface area contributed by atoms with Gasteiger partial charge in [-0.2, -0.15) is 0 Å². The molecule has 0 saturated carbocycles. The van der Waals surface area contributed by atoms with Crippen LogP contribution in [-0.4, -0.2) is 24.3 Å². The van der Waals surface area contributed by atoms with Gasteiger partial charge in [-0.1, -0.05) is 30.3 Å². The summed E-state index contributed by atoms with van der Waals surface area (Å²) in [7, 11) is 0. The van der Waals surface area contributed by atoms with Crippen molar-refractivity contribution in [2.75, 3.05) is 13.1 Å². The van der Waals surface area contributed by atoms with Gasteiger partial charge in [0.05, 0.1) is 0 Å². The van der Waals surface area contributed by atoms with Crippen molar-refractivity contribution in [3.63, 3.8) is 0 Å². The van der Waals surface area contributed by atoms with E-state index in [1.54, 1.807) is 0 Å². The molecule has 1 unspecified atom stereocenters. The Bertz CT molecular complexity index is 323. The van der Waals surface area contributed by atoms with E-state index in [1.807, 2.05) is 6.07 Å². The maximum absolute atomic E-state index is 10.8. The van der Waals surface area contributed by atoms with Gasteiger partial charge in [-0.05, 0) is 37.9 Å². The monoisotopic (exact) mass is 217 g/mol. The summed E-state index contributed by atoms with van der Waals surface area (Å²) >= 11 is 0. The van der Waals surface area contributed by atoms with Gasteiger partial charge in [0.2, 0.25) is 0 Å². The number of carbonyl (C=O) groups is 1. The summed E-state index contributed by atoms with van der Waals surface area (Å²) < 4.78 is 0. The summed E-state index contributed by atoms with van der Waals surface area (Å²) in [5.74, 6) is 0.292. The third-order valence-electron chi connectivity index (χ3n) is 3.31. The lowest BCUT2D eigenvalue weighted by atomic mass is 10.0. The van der Waals surface area contributed by atoms with Crippen molar-refractivity contribution < 1.29 is 4.79 Å². The molecular weight excluding hydrogens is 198 g/mol. The van der Waals surface area contributed by atoms with Gasteiger partial charge < -0.3 is 4.79 Å². The molecule has 2 nitrogen and oxygen atoms in total. The fraction of sp³-hybridized carbons (Fsp3) is 0.500. The Balaban J connectivity index is 1.89. The van der Waals surface area contributed by atoms with Crippen LogP contribution >= 0.6 is 0 Å². The Labute approximate surface area is 97.3 Å². The lowest BCUT2D eigenvalue weighted by Crippen LogP contribution is -2.24. The summed E-state index contributed by atoms with van der Waals surface area (Å²) in [5, 5.41) is 0. The number of carbonyl (C=O) groups excluding carboxylic acids is 1. The van der Waals surface area contributed by atoms with E-state index < -0.39 is 0 Å². The Morgan fingerprint density at radius 2 is 2.00 bits per heavy atom. The van der Waals surface area contributed by atoms with E-state index in [2.05, 4.69) is 29.2 Å². The smallest absolute Gasteiger partial charge is 0.123 e. The largest absolute Gasteiger partial charge is 0.303 e. The Morgan fingerprint density at radius 3 is 2.75 bits per heavy atom. The van der Waals surface area contributed by atoms with Crippen LogP contribution in [0, 0.1) is 5.92 Å². The molecule has 1 heterocycles. The number of nitrogens with zero attached hydrogens (tertiary/aromatic N) is 1. The van der Waals surface area contributed by atoms with Crippen LogP contribution in [0.3, 0.4) is 0 Å². The van der Waals surface area contributed by atoms with Crippen LogP contribution in [0.4, 0.5) is 0 Å². The van der Waals surface area contributed by atoms with Gasteiger partial charge >= 0.3 is 0 Å². The van der Waals surface area contributed by atoms with E-state index in [9.17, 15) is 4.79 Å². The highest BCUT2D eigenvalue weighted by Crippen LogP contribution is 2.17. The minimum absolute atomic E-state index is 0.292. The fourth-order valence-corrected chi connectivity index (χ4v) is 2.32. The molecule has 1 atom stereocenters. The second kappa shape index (κ2) is 5.80. The van der Waals surface area contributed by atoms with E-state index in [-0.39, 0.29) is 0 Å². The van der Waals surface area contributed by atoms with Gasteiger partial charge in [0, 0.05) is 12.5 Å². The molecule has 0 N–H and O–H groups in total. The topological polar surface area (TPSA) is 20.3 Å². The van der Waals surface area contributed by atoms with Gasteiger partial charge in [0.1, 0.15) is 6.29 Å². The third-order valence-corrected chi connectivity index (χ3v) is 3.31. The predicted molar refractivity (Wildman–Crippen MR) is 65.1 cm³/mol. The molecule has 0 aliphatic carbocycles. The highest BCUT2D eigenvalue weighted by atomic mass is 16.1. The van der Waals surface area contributed by atoms with Crippen molar-refractivity contribution in [2.24, 2.45) is 5.92 Å². The highest BCUT2D eigenvalue weighted by molar-refractivity contribution is 5.53. The SMILES string of the molecule is O=CC1CCCN(Cc2ccccc2)CC1. The van der Waals surface area contributed by atoms with E-state index in [1.165, 1.54) is 5.56 Å². The molecule has 86 valence electrons. The summed E-state index contributed by atoms with van der Waals surface area (Å²) in [4.78, 5) is 13.2. The molecular formula is C14H19NO. The van der Waals surface area contributed by atoms with E-state index >= 15 is 0 Å². The number of aldehydes is 1. The summed E-state index contributed by atoms with van der Waals surface area (Å²) in [6, 6.07) is 10.6. The highest BCUT2D eigenvalue weighted by Gasteiger charge is 2.16. The van der Waals surface area contributed by atoms with Crippen LogP contribution in [0.15, 0.2) is 30.3 Å². The molecule has 0 amide bonds.